The lowest BCUT2D eigenvalue weighted by atomic mass is 10.2. The van der Waals surface area contributed by atoms with Gasteiger partial charge in [-0.05, 0) is 6.42 Å². The van der Waals surface area contributed by atoms with Crippen LogP contribution >= 0.6 is 11.6 Å². The van der Waals surface area contributed by atoms with Gasteiger partial charge in [0.25, 0.3) is 0 Å². The van der Waals surface area contributed by atoms with Gasteiger partial charge in [0.05, 0.1) is 43.5 Å². The number of aryl methyl sites for hydroxylation is 1. The lowest BCUT2D eigenvalue weighted by molar-refractivity contribution is 0.355. The molecule has 1 aromatic heterocycles. The molecule has 21 heavy (non-hydrogen) atoms. The molecule has 0 amide bonds. The molecule has 1 N–H and O–H groups in total. The third kappa shape index (κ3) is 3.61. The van der Waals surface area contributed by atoms with Gasteiger partial charge in [0.1, 0.15) is 0 Å². The minimum absolute atomic E-state index is 0.592. The van der Waals surface area contributed by atoms with E-state index in [1.807, 2.05) is 18.6 Å². The molecular formula is C15H20ClN3O2. The largest absolute Gasteiger partial charge is 0.493 e. The first-order valence-electron chi connectivity index (χ1n) is 6.84. The second kappa shape index (κ2) is 7.22. The van der Waals surface area contributed by atoms with Crippen molar-refractivity contribution in [3.63, 3.8) is 0 Å². The van der Waals surface area contributed by atoms with Crippen molar-refractivity contribution in [2.45, 2.75) is 26.4 Å². The number of nitrogens with one attached hydrogen (secondary N) is 1. The van der Waals surface area contributed by atoms with Crippen molar-refractivity contribution in [2.24, 2.45) is 0 Å². The molecule has 0 aliphatic heterocycles. The second-order valence-electron chi connectivity index (χ2n) is 4.62. The first kappa shape index (κ1) is 15.5. The lowest BCUT2D eigenvalue weighted by Gasteiger charge is -2.14. The summed E-state index contributed by atoms with van der Waals surface area (Å²) in [6.07, 6.45) is 4.77. The number of halogens is 1. The standard InChI is InChI=1S/C15H20ClN3O2/c1-4-5-19-10-17-8-11(19)9-18-13-7-15(21-3)14(20-2)6-12(13)16/h6-8,10,18H,4-5,9H2,1-3H3. The molecule has 0 fully saturated rings. The zero-order valence-corrected chi connectivity index (χ0v) is 13.3. The average molecular weight is 310 g/mol. The van der Waals surface area contributed by atoms with Gasteiger partial charge in [-0.25, -0.2) is 4.98 Å². The number of aromatic nitrogens is 2. The molecule has 0 atom stereocenters. The highest BCUT2D eigenvalue weighted by Gasteiger charge is 2.10. The molecule has 6 heteroatoms. The maximum absolute atomic E-state index is 6.26. The maximum atomic E-state index is 6.26. The number of anilines is 1. The molecule has 2 aromatic rings. The number of imidazole rings is 1. The van der Waals surface area contributed by atoms with E-state index in [1.54, 1.807) is 20.3 Å². The lowest BCUT2D eigenvalue weighted by Crippen LogP contribution is -2.07. The number of hydrogen-bond acceptors (Lipinski definition) is 4. The molecule has 1 heterocycles. The van der Waals surface area contributed by atoms with Gasteiger partial charge in [-0.2, -0.15) is 0 Å². The molecule has 0 aliphatic rings. The summed E-state index contributed by atoms with van der Waals surface area (Å²) >= 11 is 6.26. The van der Waals surface area contributed by atoms with E-state index >= 15 is 0 Å². The van der Waals surface area contributed by atoms with Gasteiger partial charge in [0.15, 0.2) is 11.5 Å². The summed E-state index contributed by atoms with van der Waals surface area (Å²) in [5.74, 6) is 1.26. The van der Waals surface area contributed by atoms with Crippen molar-refractivity contribution in [1.82, 2.24) is 9.55 Å². The van der Waals surface area contributed by atoms with E-state index < -0.39 is 0 Å². The molecule has 0 radical (unpaired) electrons. The first-order chi connectivity index (χ1) is 10.2. The topological polar surface area (TPSA) is 48.3 Å². The van der Waals surface area contributed by atoms with Crippen molar-refractivity contribution in [1.29, 1.82) is 0 Å². The Morgan fingerprint density at radius 1 is 1.24 bits per heavy atom. The van der Waals surface area contributed by atoms with E-state index in [0.717, 1.165) is 24.3 Å². The molecule has 0 saturated heterocycles. The van der Waals surface area contributed by atoms with Crippen LogP contribution in [-0.4, -0.2) is 23.8 Å². The molecule has 0 saturated carbocycles. The Hall–Kier alpha value is -1.88. The summed E-state index contributed by atoms with van der Waals surface area (Å²) in [5, 5.41) is 3.90. The van der Waals surface area contributed by atoms with Gasteiger partial charge in [-0.1, -0.05) is 18.5 Å². The quantitative estimate of drug-likeness (QED) is 0.849. The summed E-state index contributed by atoms with van der Waals surface area (Å²) in [7, 11) is 3.19. The van der Waals surface area contributed by atoms with E-state index in [1.165, 1.54) is 0 Å². The van der Waals surface area contributed by atoms with Crippen molar-refractivity contribution < 1.29 is 9.47 Å². The third-order valence-electron chi connectivity index (χ3n) is 3.20. The average Bonchev–Trinajstić information content (AvgIpc) is 2.93. The Balaban J connectivity index is 2.14. The normalized spacial score (nSPS) is 10.5. The highest BCUT2D eigenvalue weighted by Crippen LogP contribution is 2.36. The summed E-state index contributed by atoms with van der Waals surface area (Å²) in [4.78, 5) is 4.18. The zero-order chi connectivity index (χ0) is 15.2. The molecule has 114 valence electrons. The molecule has 1 aromatic carbocycles. The Kier molecular flexibility index (Phi) is 5.33. The number of methoxy groups -OCH3 is 2. The van der Waals surface area contributed by atoms with Gasteiger partial charge in [0, 0.05) is 24.9 Å². The van der Waals surface area contributed by atoms with Gasteiger partial charge in [0.2, 0.25) is 0 Å². The van der Waals surface area contributed by atoms with Crippen LogP contribution in [0.1, 0.15) is 19.0 Å². The van der Waals surface area contributed by atoms with E-state index in [0.29, 0.717) is 23.1 Å². The number of benzene rings is 1. The smallest absolute Gasteiger partial charge is 0.162 e. The molecule has 0 bridgehead atoms. The first-order valence-corrected chi connectivity index (χ1v) is 7.21. The highest BCUT2D eigenvalue weighted by atomic mass is 35.5. The SMILES string of the molecule is CCCn1cncc1CNc1cc(OC)c(OC)cc1Cl. The van der Waals surface area contributed by atoms with Crippen LogP contribution in [0.4, 0.5) is 5.69 Å². The zero-order valence-electron chi connectivity index (χ0n) is 12.5. The van der Waals surface area contributed by atoms with Crippen LogP contribution in [0.3, 0.4) is 0 Å². The summed E-state index contributed by atoms with van der Waals surface area (Å²) in [6.45, 7) is 3.74. The van der Waals surface area contributed by atoms with Crippen LogP contribution in [0, 0.1) is 0 Å². The van der Waals surface area contributed by atoms with Crippen molar-refractivity contribution in [3.8, 4) is 11.5 Å². The Morgan fingerprint density at radius 2 is 1.95 bits per heavy atom. The molecule has 0 spiro atoms. The maximum Gasteiger partial charge on any atom is 0.162 e. The fraction of sp³-hybridized carbons (Fsp3) is 0.400. The molecule has 0 aliphatic carbocycles. The minimum Gasteiger partial charge on any atom is -0.493 e. The van der Waals surface area contributed by atoms with E-state index in [9.17, 15) is 0 Å². The fourth-order valence-corrected chi connectivity index (χ4v) is 2.33. The summed E-state index contributed by atoms with van der Waals surface area (Å²) < 4.78 is 12.6. The molecule has 2 rings (SSSR count). The van der Waals surface area contributed by atoms with Gasteiger partial charge >= 0.3 is 0 Å². The van der Waals surface area contributed by atoms with Gasteiger partial charge in [-0.15, -0.1) is 0 Å². The second-order valence-corrected chi connectivity index (χ2v) is 5.03. The van der Waals surface area contributed by atoms with Crippen LogP contribution in [0.2, 0.25) is 5.02 Å². The molecular weight excluding hydrogens is 290 g/mol. The Labute approximate surface area is 129 Å². The monoisotopic (exact) mass is 309 g/mol. The summed E-state index contributed by atoms with van der Waals surface area (Å²) in [6, 6.07) is 3.58. The van der Waals surface area contributed by atoms with E-state index in [2.05, 4.69) is 21.8 Å². The van der Waals surface area contributed by atoms with Crippen LogP contribution in [-0.2, 0) is 13.1 Å². The number of hydrogen-bond donors (Lipinski definition) is 1. The van der Waals surface area contributed by atoms with Gasteiger partial charge in [-0.3, -0.25) is 0 Å². The third-order valence-corrected chi connectivity index (χ3v) is 3.51. The number of rotatable bonds is 7. The highest BCUT2D eigenvalue weighted by molar-refractivity contribution is 6.33. The van der Waals surface area contributed by atoms with Crippen LogP contribution in [0.15, 0.2) is 24.7 Å². The number of nitrogens with zero attached hydrogens (tertiary/aromatic N) is 2. The molecule has 0 unspecified atom stereocenters. The van der Waals surface area contributed by atoms with Crippen LogP contribution in [0.5, 0.6) is 11.5 Å². The fourth-order valence-electron chi connectivity index (χ4n) is 2.11. The summed E-state index contributed by atoms with van der Waals surface area (Å²) in [5.41, 5.74) is 1.92. The van der Waals surface area contributed by atoms with E-state index in [-0.39, 0.29) is 0 Å². The number of ether oxygens (including phenoxy) is 2. The predicted molar refractivity (Wildman–Crippen MR) is 84.4 cm³/mol. The van der Waals surface area contributed by atoms with Gasteiger partial charge < -0.3 is 19.4 Å². The van der Waals surface area contributed by atoms with Crippen molar-refractivity contribution in [2.75, 3.05) is 19.5 Å². The minimum atomic E-state index is 0.592. The molecule has 5 nitrogen and oxygen atoms in total. The van der Waals surface area contributed by atoms with Crippen molar-refractivity contribution in [3.05, 3.63) is 35.4 Å². The van der Waals surface area contributed by atoms with Crippen LogP contribution in [0.25, 0.3) is 0 Å². The Morgan fingerprint density at radius 3 is 2.62 bits per heavy atom. The van der Waals surface area contributed by atoms with Crippen LogP contribution < -0.4 is 14.8 Å². The van der Waals surface area contributed by atoms with Crippen molar-refractivity contribution >= 4 is 17.3 Å². The Bertz CT molecular complexity index is 599. The van der Waals surface area contributed by atoms with E-state index in [4.69, 9.17) is 21.1 Å². The predicted octanol–water partition coefficient (Wildman–Crippen LogP) is 3.58.